The van der Waals surface area contributed by atoms with Gasteiger partial charge in [0.25, 0.3) is 0 Å². The molecule has 0 radical (unpaired) electrons. The first-order chi connectivity index (χ1) is 11.4. The van der Waals surface area contributed by atoms with Gasteiger partial charge in [0.2, 0.25) is 15.9 Å². The Labute approximate surface area is 140 Å². The molecule has 10 heteroatoms. The maximum Gasteiger partial charge on any atom is 0.239 e. The largest absolute Gasteiger partial charge is 0.381 e. The maximum absolute atomic E-state index is 11.8. The van der Waals surface area contributed by atoms with Crippen molar-refractivity contribution < 1.29 is 17.9 Å². The third-order valence-corrected chi connectivity index (χ3v) is 4.64. The highest BCUT2D eigenvalue weighted by Gasteiger charge is 2.16. The van der Waals surface area contributed by atoms with Gasteiger partial charge < -0.3 is 10.1 Å². The number of rotatable bonds is 8. The first-order valence-electron chi connectivity index (χ1n) is 7.14. The number of anilines is 1. The molecule has 0 fully saturated rings. The normalized spacial score (nSPS) is 12.8. The van der Waals surface area contributed by atoms with Gasteiger partial charge in [0.15, 0.2) is 0 Å². The predicted molar refractivity (Wildman–Crippen MR) is 88.2 cm³/mol. The first kappa shape index (κ1) is 18.0. The van der Waals surface area contributed by atoms with Gasteiger partial charge in [0.05, 0.1) is 24.1 Å². The van der Waals surface area contributed by atoms with Crippen molar-refractivity contribution in [3.8, 4) is 5.69 Å². The van der Waals surface area contributed by atoms with Crippen molar-refractivity contribution in [2.24, 2.45) is 0 Å². The summed E-state index contributed by atoms with van der Waals surface area (Å²) in [5.74, 6) is -0.666. The van der Waals surface area contributed by atoms with E-state index in [1.165, 1.54) is 13.4 Å². The predicted octanol–water partition coefficient (Wildman–Crippen LogP) is 0.160. The van der Waals surface area contributed by atoms with Crippen molar-refractivity contribution in [2.75, 3.05) is 24.7 Å². The molecule has 0 saturated heterocycles. The minimum Gasteiger partial charge on any atom is -0.381 e. The number of methoxy groups -OCH3 is 1. The van der Waals surface area contributed by atoms with Crippen molar-refractivity contribution >= 4 is 21.6 Å². The molecule has 1 heterocycles. The highest BCUT2D eigenvalue weighted by molar-refractivity contribution is 7.89. The zero-order valence-electron chi connectivity index (χ0n) is 13.3. The number of hydrogen-bond donors (Lipinski definition) is 2. The summed E-state index contributed by atoms with van der Waals surface area (Å²) in [5, 5.41) is 6.61. The Hall–Kier alpha value is -2.30. The zero-order valence-corrected chi connectivity index (χ0v) is 14.2. The second-order valence-electron chi connectivity index (χ2n) is 5.08. The van der Waals surface area contributed by atoms with Gasteiger partial charge in [-0.1, -0.05) is 0 Å². The van der Waals surface area contributed by atoms with Crippen molar-refractivity contribution in [2.45, 2.75) is 13.0 Å². The number of sulfonamides is 1. The van der Waals surface area contributed by atoms with Crippen LogP contribution in [0.25, 0.3) is 5.69 Å². The number of ether oxygens (including phenoxy) is 1. The highest BCUT2D eigenvalue weighted by atomic mass is 32.2. The van der Waals surface area contributed by atoms with E-state index in [-0.39, 0.29) is 12.3 Å². The summed E-state index contributed by atoms with van der Waals surface area (Å²) in [7, 11) is -2.14. The standard InChI is InChI=1S/C14H19N5O4S/c1-11(23-2)8-24(21,22)17-7-14(20)18-12-3-5-13(6-4-12)19-10-15-9-16-19/h3-6,9-11,17H,7-8H2,1-2H3,(H,18,20)/t11-/m0/s1. The molecule has 1 aromatic heterocycles. The Morgan fingerprint density at radius 3 is 2.62 bits per heavy atom. The number of amides is 1. The molecule has 2 aromatic rings. The van der Waals surface area contributed by atoms with Crippen LogP contribution in [0.5, 0.6) is 0 Å². The van der Waals surface area contributed by atoms with E-state index < -0.39 is 22.0 Å². The van der Waals surface area contributed by atoms with Gasteiger partial charge in [-0.15, -0.1) is 0 Å². The molecule has 0 aliphatic heterocycles. The molecular formula is C14H19N5O4S. The molecule has 1 amide bonds. The second kappa shape index (κ2) is 7.99. The summed E-state index contributed by atoms with van der Waals surface area (Å²) >= 11 is 0. The lowest BCUT2D eigenvalue weighted by atomic mass is 10.3. The van der Waals surface area contributed by atoms with E-state index in [1.807, 2.05) is 0 Å². The fourth-order valence-electron chi connectivity index (χ4n) is 1.86. The van der Waals surface area contributed by atoms with E-state index in [0.29, 0.717) is 5.69 Å². The molecule has 1 atom stereocenters. The summed E-state index contributed by atoms with van der Waals surface area (Å²) < 4.78 is 32.2. The Morgan fingerprint density at radius 2 is 2.04 bits per heavy atom. The number of nitrogens with zero attached hydrogens (tertiary/aromatic N) is 3. The van der Waals surface area contributed by atoms with E-state index in [0.717, 1.165) is 5.69 Å². The molecule has 0 unspecified atom stereocenters. The average Bonchev–Trinajstić information content (AvgIpc) is 3.08. The monoisotopic (exact) mass is 353 g/mol. The summed E-state index contributed by atoms with van der Waals surface area (Å²) in [5.41, 5.74) is 1.34. The lowest BCUT2D eigenvalue weighted by Gasteiger charge is -2.11. The Kier molecular flexibility index (Phi) is 6.01. The van der Waals surface area contributed by atoms with Crippen LogP contribution in [0.2, 0.25) is 0 Å². The van der Waals surface area contributed by atoms with Gasteiger partial charge in [-0.25, -0.2) is 22.8 Å². The van der Waals surface area contributed by atoms with Crippen molar-refractivity contribution in [3.05, 3.63) is 36.9 Å². The zero-order chi connectivity index (χ0) is 17.6. The molecule has 0 spiro atoms. The van der Waals surface area contributed by atoms with Crippen molar-refractivity contribution in [1.82, 2.24) is 19.5 Å². The van der Waals surface area contributed by atoms with E-state index in [4.69, 9.17) is 4.74 Å². The maximum atomic E-state index is 11.8. The van der Waals surface area contributed by atoms with Crippen molar-refractivity contribution in [3.63, 3.8) is 0 Å². The number of nitrogens with one attached hydrogen (secondary N) is 2. The highest BCUT2D eigenvalue weighted by Crippen LogP contribution is 2.11. The van der Waals surface area contributed by atoms with Crippen LogP contribution >= 0.6 is 0 Å². The number of carbonyl (C=O) groups excluding carboxylic acids is 1. The molecular weight excluding hydrogens is 334 g/mol. The molecule has 1 aromatic carbocycles. The van der Waals surface area contributed by atoms with Crippen LogP contribution in [0, 0.1) is 0 Å². The fourth-order valence-corrected chi connectivity index (χ4v) is 3.08. The molecule has 0 aliphatic rings. The number of carbonyl (C=O) groups is 1. The Morgan fingerprint density at radius 1 is 1.33 bits per heavy atom. The minimum absolute atomic E-state index is 0.205. The molecule has 2 N–H and O–H groups in total. The van der Waals surface area contributed by atoms with Crippen LogP contribution in [-0.4, -0.2) is 54.6 Å². The van der Waals surface area contributed by atoms with E-state index >= 15 is 0 Å². The smallest absolute Gasteiger partial charge is 0.239 e. The van der Waals surface area contributed by atoms with Crippen molar-refractivity contribution in [1.29, 1.82) is 0 Å². The summed E-state index contributed by atoms with van der Waals surface area (Å²) in [6.45, 7) is 1.29. The van der Waals surface area contributed by atoms with Crippen LogP contribution in [0.15, 0.2) is 36.9 Å². The third-order valence-electron chi connectivity index (χ3n) is 3.14. The minimum atomic E-state index is -3.57. The molecule has 130 valence electrons. The van der Waals surface area contributed by atoms with Gasteiger partial charge >= 0.3 is 0 Å². The lowest BCUT2D eigenvalue weighted by Crippen LogP contribution is -2.37. The Balaban J connectivity index is 1.86. The van der Waals surface area contributed by atoms with E-state index in [2.05, 4.69) is 20.1 Å². The molecule has 9 nitrogen and oxygen atoms in total. The summed E-state index contributed by atoms with van der Waals surface area (Å²) in [6.07, 6.45) is 2.53. The quantitative estimate of drug-likeness (QED) is 0.698. The van der Waals surface area contributed by atoms with Gasteiger partial charge in [-0.05, 0) is 31.2 Å². The average molecular weight is 353 g/mol. The molecule has 24 heavy (non-hydrogen) atoms. The van der Waals surface area contributed by atoms with E-state index in [9.17, 15) is 13.2 Å². The van der Waals surface area contributed by atoms with Crippen LogP contribution in [0.3, 0.4) is 0 Å². The van der Waals surface area contributed by atoms with Gasteiger partial charge in [0.1, 0.15) is 12.7 Å². The summed E-state index contributed by atoms with van der Waals surface area (Å²) in [4.78, 5) is 15.7. The number of aromatic nitrogens is 3. The SMILES string of the molecule is CO[C@@H](C)CS(=O)(=O)NCC(=O)Nc1ccc(-n2cncn2)cc1. The lowest BCUT2D eigenvalue weighted by molar-refractivity contribution is -0.115. The fraction of sp³-hybridized carbons (Fsp3) is 0.357. The number of benzene rings is 1. The number of hydrogen-bond acceptors (Lipinski definition) is 6. The Bertz CT molecular complexity index is 759. The molecule has 0 bridgehead atoms. The molecule has 0 aliphatic carbocycles. The first-order valence-corrected chi connectivity index (χ1v) is 8.80. The third kappa shape index (κ3) is 5.41. The molecule has 2 rings (SSSR count). The van der Waals surface area contributed by atoms with Crippen LogP contribution in [-0.2, 0) is 19.6 Å². The van der Waals surface area contributed by atoms with Gasteiger partial charge in [0, 0.05) is 12.8 Å². The van der Waals surface area contributed by atoms with Crippen LogP contribution in [0.1, 0.15) is 6.92 Å². The molecule has 0 saturated carbocycles. The van der Waals surface area contributed by atoms with Crippen LogP contribution in [0.4, 0.5) is 5.69 Å². The topological polar surface area (TPSA) is 115 Å². The summed E-state index contributed by atoms with van der Waals surface area (Å²) in [6, 6.07) is 6.90. The second-order valence-corrected chi connectivity index (χ2v) is 6.94. The van der Waals surface area contributed by atoms with Gasteiger partial charge in [-0.3, -0.25) is 4.79 Å². The van der Waals surface area contributed by atoms with Gasteiger partial charge in [-0.2, -0.15) is 5.10 Å². The van der Waals surface area contributed by atoms with E-state index in [1.54, 1.807) is 42.2 Å². The van der Waals surface area contributed by atoms with Crippen LogP contribution < -0.4 is 10.0 Å².